The van der Waals surface area contributed by atoms with Gasteiger partial charge in [-0.05, 0) is 28.8 Å². The highest BCUT2D eigenvalue weighted by Crippen LogP contribution is 2.37. The number of halogens is 2. The molecular weight excluding hydrogens is 318 g/mol. The summed E-state index contributed by atoms with van der Waals surface area (Å²) in [4.78, 5) is 18.1. The van der Waals surface area contributed by atoms with E-state index in [1.54, 1.807) is 0 Å². The maximum absolute atomic E-state index is 11.4. The summed E-state index contributed by atoms with van der Waals surface area (Å²) in [6, 6.07) is 0. The summed E-state index contributed by atoms with van der Waals surface area (Å²) in [6.45, 7) is 0.769. The molecule has 1 aromatic heterocycles. The number of nitrogens with one attached hydrogen (secondary N) is 2. The van der Waals surface area contributed by atoms with Gasteiger partial charge < -0.3 is 10.3 Å². The Hall–Kier alpha value is -0.550. The van der Waals surface area contributed by atoms with E-state index in [1.165, 1.54) is 25.6 Å². The van der Waals surface area contributed by atoms with E-state index in [0.717, 1.165) is 19.4 Å². The van der Waals surface area contributed by atoms with Crippen molar-refractivity contribution in [2.24, 2.45) is 5.41 Å². The zero-order valence-corrected chi connectivity index (χ0v) is 12.5. The minimum atomic E-state index is -0.170. The fraction of sp³-hybridized carbons (Fsp3) is 0.667. The average Bonchev–Trinajstić information content (AvgIpc) is 2.41. The predicted molar refractivity (Wildman–Crippen MR) is 77.3 cm³/mol. The second-order valence-electron chi connectivity index (χ2n) is 4.94. The Bertz CT molecular complexity index is 457. The van der Waals surface area contributed by atoms with Gasteiger partial charge in [0.15, 0.2) is 0 Å². The summed E-state index contributed by atoms with van der Waals surface area (Å²) in [5.74, 6) is 1.25. The van der Waals surface area contributed by atoms with Crippen LogP contribution < -0.4 is 10.9 Å². The molecule has 0 unspecified atom stereocenters. The van der Waals surface area contributed by atoms with Crippen molar-refractivity contribution >= 4 is 33.3 Å². The van der Waals surface area contributed by atoms with E-state index < -0.39 is 0 Å². The molecule has 0 amide bonds. The molecule has 2 N–H and O–H groups in total. The van der Waals surface area contributed by atoms with Crippen LogP contribution in [0.15, 0.2) is 15.6 Å². The fourth-order valence-corrected chi connectivity index (χ4v) is 3.16. The molecule has 1 aliphatic carbocycles. The molecule has 2 rings (SSSR count). The molecule has 0 radical (unpaired) electrons. The molecule has 1 fully saturated rings. The maximum Gasteiger partial charge on any atom is 0.267 e. The third-order valence-corrected chi connectivity index (χ3v) is 4.93. The number of rotatable bonds is 4. The van der Waals surface area contributed by atoms with Crippen LogP contribution in [0.4, 0.5) is 5.82 Å². The van der Waals surface area contributed by atoms with Crippen LogP contribution >= 0.6 is 27.5 Å². The zero-order valence-electron chi connectivity index (χ0n) is 10.1. The lowest BCUT2D eigenvalue weighted by molar-refractivity contribution is 0.238. The van der Waals surface area contributed by atoms with Gasteiger partial charge in [0.25, 0.3) is 5.56 Å². The molecule has 1 aromatic rings. The standard InChI is InChI=1S/C12H17BrClN3O/c13-9-10(16-8-17-11(9)18)15-7-12(6-14)4-2-1-3-5-12/h8H,1-7H2,(H2,15,16,17,18). The molecule has 18 heavy (non-hydrogen) atoms. The van der Waals surface area contributed by atoms with Gasteiger partial charge in [0.2, 0.25) is 0 Å². The maximum atomic E-state index is 11.4. The molecule has 1 aliphatic rings. The zero-order chi connectivity index (χ0) is 13.0. The van der Waals surface area contributed by atoms with Crippen molar-refractivity contribution in [1.29, 1.82) is 0 Å². The van der Waals surface area contributed by atoms with E-state index in [-0.39, 0.29) is 11.0 Å². The Balaban J connectivity index is 2.05. The lowest BCUT2D eigenvalue weighted by atomic mass is 9.75. The average molecular weight is 335 g/mol. The third-order valence-electron chi connectivity index (χ3n) is 3.63. The smallest absolute Gasteiger partial charge is 0.267 e. The number of aromatic amines is 1. The summed E-state index contributed by atoms with van der Waals surface area (Å²) < 4.78 is 0.450. The lowest BCUT2D eigenvalue weighted by Gasteiger charge is -2.35. The minimum absolute atomic E-state index is 0.142. The number of H-pyrrole nitrogens is 1. The van der Waals surface area contributed by atoms with Gasteiger partial charge in [-0.15, -0.1) is 11.6 Å². The first-order chi connectivity index (χ1) is 8.67. The van der Waals surface area contributed by atoms with Gasteiger partial charge in [-0.2, -0.15) is 0 Å². The topological polar surface area (TPSA) is 57.8 Å². The minimum Gasteiger partial charge on any atom is -0.368 e. The lowest BCUT2D eigenvalue weighted by Crippen LogP contribution is -2.34. The molecule has 6 heteroatoms. The van der Waals surface area contributed by atoms with Crippen LogP contribution in [-0.2, 0) is 0 Å². The second kappa shape index (κ2) is 6.06. The second-order valence-corrected chi connectivity index (χ2v) is 6.00. The first-order valence-electron chi connectivity index (χ1n) is 6.20. The van der Waals surface area contributed by atoms with E-state index >= 15 is 0 Å². The summed E-state index contributed by atoms with van der Waals surface area (Å²) in [5, 5.41) is 3.25. The van der Waals surface area contributed by atoms with E-state index in [9.17, 15) is 4.79 Å². The molecule has 1 heterocycles. The Morgan fingerprint density at radius 3 is 2.83 bits per heavy atom. The van der Waals surface area contributed by atoms with Crippen LogP contribution in [0.25, 0.3) is 0 Å². The highest BCUT2D eigenvalue weighted by molar-refractivity contribution is 9.10. The van der Waals surface area contributed by atoms with Gasteiger partial charge in [0.05, 0.1) is 6.33 Å². The van der Waals surface area contributed by atoms with Gasteiger partial charge >= 0.3 is 0 Å². The van der Waals surface area contributed by atoms with Gasteiger partial charge in [-0.25, -0.2) is 4.98 Å². The van der Waals surface area contributed by atoms with Crippen molar-refractivity contribution in [1.82, 2.24) is 9.97 Å². The molecule has 100 valence electrons. The monoisotopic (exact) mass is 333 g/mol. The Morgan fingerprint density at radius 2 is 2.17 bits per heavy atom. The number of hydrogen-bond acceptors (Lipinski definition) is 3. The van der Waals surface area contributed by atoms with Gasteiger partial charge in [0, 0.05) is 17.8 Å². The van der Waals surface area contributed by atoms with Crippen molar-refractivity contribution in [3.8, 4) is 0 Å². The van der Waals surface area contributed by atoms with Crippen molar-refractivity contribution in [2.75, 3.05) is 17.7 Å². The van der Waals surface area contributed by atoms with E-state index in [4.69, 9.17) is 11.6 Å². The summed E-state index contributed by atoms with van der Waals surface area (Å²) in [7, 11) is 0. The summed E-state index contributed by atoms with van der Waals surface area (Å²) in [6.07, 6.45) is 7.46. The fourth-order valence-electron chi connectivity index (χ4n) is 2.44. The molecule has 0 spiro atoms. The van der Waals surface area contributed by atoms with Crippen molar-refractivity contribution < 1.29 is 0 Å². The predicted octanol–water partition coefficient (Wildman–Crippen LogP) is 3.13. The Kier molecular flexibility index (Phi) is 4.67. The van der Waals surface area contributed by atoms with Crippen molar-refractivity contribution in [2.45, 2.75) is 32.1 Å². The van der Waals surface area contributed by atoms with E-state index in [1.807, 2.05) is 0 Å². The van der Waals surface area contributed by atoms with Crippen molar-refractivity contribution in [3.05, 3.63) is 21.2 Å². The van der Waals surface area contributed by atoms with Gasteiger partial charge in [-0.1, -0.05) is 19.3 Å². The number of alkyl halides is 1. The number of hydrogen-bond donors (Lipinski definition) is 2. The van der Waals surface area contributed by atoms with Crippen LogP contribution in [0.1, 0.15) is 32.1 Å². The molecule has 0 aliphatic heterocycles. The van der Waals surface area contributed by atoms with Gasteiger partial charge in [-0.3, -0.25) is 4.79 Å². The highest BCUT2D eigenvalue weighted by atomic mass is 79.9. The molecule has 0 bridgehead atoms. The van der Waals surface area contributed by atoms with Crippen LogP contribution in [0.5, 0.6) is 0 Å². The first-order valence-corrected chi connectivity index (χ1v) is 7.53. The van der Waals surface area contributed by atoms with Gasteiger partial charge in [0.1, 0.15) is 10.3 Å². The van der Waals surface area contributed by atoms with Crippen LogP contribution in [0.3, 0.4) is 0 Å². The number of nitrogens with zero attached hydrogens (tertiary/aromatic N) is 1. The highest BCUT2D eigenvalue weighted by Gasteiger charge is 2.31. The molecule has 4 nitrogen and oxygen atoms in total. The van der Waals surface area contributed by atoms with E-state index in [0.29, 0.717) is 16.2 Å². The molecular formula is C12H17BrClN3O. The largest absolute Gasteiger partial charge is 0.368 e. The SMILES string of the molecule is O=c1[nH]cnc(NCC2(CCl)CCCCC2)c1Br. The third kappa shape index (κ3) is 3.06. The molecule has 0 saturated heterocycles. The van der Waals surface area contributed by atoms with E-state index in [2.05, 4.69) is 31.2 Å². The van der Waals surface area contributed by atoms with Crippen LogP contribution in [-0.4, -0.2) is 22.4 Å². The first kappa shape index (κ1) is 13.9. The summed E-state index contributed by atoms with van der Waals surface area (Å²) >= 11 is 9.38. The molecule has 0 aromatic carbocycles. The number of anilines is 1. The quantitative estimate of drug-likeness (QED) is 0.832. The molecule has 1 saturated carbocycles. The Labute approximate surface area is 120 Å². The normalized spacial score (nSPS) is 18.6. The van der Waals surface area contributed by atoms with Crippen molar-refractivity contribution in [3.63, 3.8) is 0 Å². The van der Waals surface area contributed by atoms with Crippen LogP contribution in [0.2, 0.25) is 0 Å². The molecule has 0 atom stereocenters. The summed E-state index contributed by atoms with van der Waals surface area (Å²) in [5.41, 5.74) is -0.0279. The Morgan fingerprint density at radius 1 is 1.44 bits per heavy atom. The van der Waals surface area contributed by atoms with Crippen LogP contribution in [0, 0.1) is 5.41 Å². The number of aromatic nitrogens is 2.